The molecule has 23 heavy (non-hydrogen) atoms. The van der Waals surface area contributed by atoms with E-state index in [1.54, 1.807) is 11.5 Å². The first-order chi connectivity index (χ1) is 11.0. The van der Waals surface area contributed by atoms with Crippen LogP contribution in [0.4, 0.5) is 0 Å². The minimum absolute atomic E-state index is 0.0837. The van der Waals surface area contributed by atoms with Crippen molar-refractivity contribution in [2.75, 3.05) is 6.54 Å². The van der Waals surface area contributed by atoms with Crippen LogP contribution in [0, 0.1) is 0 Å². The van der Waals surface area contributed by atoms with Gasteiger partial charge in [0.25, 0.3) is 5.91 Å². The zero-order chi connectivity index (χ0) is 16.4. The molecule has 0 radical (unpaired) electrons. The molecule has 8 heteroatoms. The number of pyridine rings is 1. The molecule has 1 saturated heterocycles. The number of piperidine rings is 1. The number of carbonyl (C=O) groups excluding carboxylic acids is 1. The van der Waals surface area contributed by atoms with Gasteiger partial charge in [-0.15, -0.1) is 0 Å². The third kappa shape index (κ3) is 3.01. The Morgan fingerprint density at radius 1 is 1.30 bits per heavy atom. The highest BCUT2D eigenvalue weighted by Gasteiger charge is 2.37. The lowest BCUT2D eigenvalue weighted by atomic mass is 10.0. The minimum Gasteiger partial charge on any atom is -0.289 e. The van der Waals surface area contributed by atoms with Crippen molar-refractivity contribution in [3.63, 3.8) is 0 Å². The number of aromatic nitrogens is 1. The molecule has 1 fully saturated rings. The second-order valence-corrected chi connectivity index (χ2v) is 7.63. The lowest BCUT2D eigenvalue weighted by Crippen LogP contribution is -2.51. The molecule has 0 aromatic carbocycles. The summed E-state index contributed by atoms with van der Waals surface area (Å²) in [6, 6.07) is 0.723. The standard InChI is InChI=1S/C15H19N3O4S/c19-15(17-20)14-7-3-4-8-18(14)23(21,22)12-9-11-5-1-2-6-13(11)16-10-12/h5-6,9-10,14,20H,1-4,7-8H2,(H,17,19)/t14-/m1/s1. The summed E-state index contributed by atoms with van der Waals surface area (Å²) in [5.74, 6) is -0.695. The van der Waals surface area contributed by atoms with Gasteiger partial charge in [0.2, 0.25) is 10.0 Å². The highest BCUT2D eigenvalue weighted by atomic mass is 32.2. The highest BCUT2D eigenvalue weighted by Crippen LogP contribution is 2.24. The Bertz CT molecular complexity index is 835. The van der Waals surface area contributed by atoms with Crippen LogP contribution >= 0.6 is 0 Å². The number of hydroxylamine groups is 1. The van der Waals surface area contributed by atoms with E-state index in [2.05, 4.69) is 4.98 Å². The number of amides is 1. The first kappa shape index (κ1) is 16.1. The fourth-order valence-corrected chi connectivity index (χ4v) is 4.71. The summed E-state index contributed by atoms with van der Waals surface area (Å²) in [7, 11) is -3.83. The summed E-state index contributed by atoms with van der Waals surface area (Å²) in [4.78, 5) is 16.1. The normalized spacial score (nSPS) is 21.7. The van der Waals surface area contributed by atoms with Crippen molar-refractivity contribution in [3.8, 4) is 0 Å². The monoisotopic (exact) mass is 337 g/mol. The number of sulfonamides is 1. The Kier molecular flexibility index (Phi) is 4.47. The maximum Gasteiger partial charge on any atom is 0.261 e. The van der Waals surface area contributed by atoms with E-state index in [1.165, 1.54) is 6.20 Å². The van der Waals surface area contributed by atoms with Crippen molar-refractivity contribution >= 4 is 28.1 Å². The molecule has 1 aliphatic heterocycles. The third-order valence-corrected chi connectivity index (χ3v) is 6.14. The highest BCUT2D eigenvalue weighted by molar-refractivity contribution is 7.89. The van der Waals surface area contributed by atoms with Gasteiger partial charge in [0, 0.05) is 12.7 Å². The van der Waals surface area contributed by atoms with Gasteiger partial charge < -0.3 is 0 Å². The Balaban J connectivity index is 2.02. The molecule has 1 atom stereocenters. The first-order valence-corrected chi connectivity index (χ1v) is 9.10. The molecular weight excluding hydrogens is 318 g/mol. The van der Waals surface area contributed by atoms with Crippen LogP contribution in [0.3, 0.4) is 0 Å². The van der Waals surface area contributed by atoms with E-state index in [0.29, 0.717) is 12.8 Å². The molecule has 2 aliphatic rings. The van der Waals surface area contributed by atoms with Gasteiger partial charge in [0.15, 0.2) is 0 Å². The molecule has 1 amide bonds. The average Bonchev–Trinajstić information content (AvgIpc) is 2.60. The maximum absolute atomic E-state index is 12.9. The largest absolute Gasteiger partial charge is 0.289 e. The SMILES string of the molecule is O=C(NO)[C@H]1CCCCN1S(=O)(=O)c1cnc2c(c1)=CCCC=2. The maximum atomic E-state index is 12.9. The lowest BCUT2D eigenvalue weighted by molar-refractivity contribution is -0.134. The topological polar surface area (TPSA) is 99.6 Å². The van der Waals surface area contributed by atoms with Crippen LogP contribution < -0.4 is 16.0 Å². The number of nitrogens with zero attached hydrogens (tertiary/aromatic N) is 2. The van der Waals surface area contributed by atoms with Gasteiger partial charge in [-0.2, -0.15) is 4.31 Å². The summed E-state index contributed by atoms with van der Waals surface area (Å²) >= 11 is 0. The van der Waals surface area contributed by atoms with E-state index in [-0.39, 0.29) is 11.4 Å². The van der Waals surface area contributed by atoms with Crippen molar-refractivity contribution in [2.24, 2.45) is 0 Å². The first-order valence-electron chi connectivity index (χ1n) is 7.66. The number of fused-ring (bicyclic) bond motifs is 1. The smallest absolute Gasteiger partial charge is 0.261 e. The molecule has 1 aromatic heterocycles. The van der Waals surface area contributed by atoms with Crippen molar-refractivity contribution < 1.29 is 18.4 Å². The van der Waals surface area contributed by atoms with Gasteiger partial charge in [-0.1, -0.05) is 18.6 Å². The van der Waals surface area contributed by atoms with Crippen LogP contribution in [0.15, 0.2) is 17.2 Å². The number of hydrogen-bond acceptors (Lipinski definition) is 5. The van der Waals surface area contributed by atoms with Crippen LogP contribution in [-0.4, -0.2) is 41.4 Å². The summed E-state index contributed by atoms with van der Waals surface area (Å²) in [5, 5.41) is 10.5. The lowest BCUT2D eigenvalue weighted by Gasteiger charge is -2.32. The molecule has 0 unspecified atom stereocenters. The van der Waals surface area contributed by atoms with E-state index in [0.717, 1.165) is 34.1 Å². The molecule has 1 aliphatic carbocycles. The van der Waals surface area contributed by atoms with Gasteiger partial charge in [-0.05, 0) is 37.0 Å². The summed E-state index contributed by atoms with van der Waals surface area (Å²) in [5.41, 5.74) is 1.57. The number of hydrogen-bond donors (Lipinski definition) is 2. The molecule has 2 heterocycles. The van der Waals surface area contributed by atoms with Gasteiger partial charge in [-0.25, -0.2) is 13.9 Å². The Hall–Kier alpha value is -1.77. The predicted octanol–water partition coefficient (Wildman–Crippen LogP) is -0.515. The zero-order valence-corrected chi connectivity index (χ0v) is 13.4. The van der Waals surface area contributed by atoms with Crippen molar-refractivity contribution in [1.82, 2.24) is 14.8 Å². The van der Waals surface area contributed by atoms with Crippen LogP contribution in [0.5, 0.6) is 0 Å². The Morgan fingerprint density at radius 2 is 2.09 bits per heavy atom. The second kappa shape index (κ2) is 6.38. The van der Waals surface area contributed by atoms with E-state index >= 15 is 0 Å². The number of rotatable bonds is 3. The summed E-state index contributed by atoms with van der Waals surface area (Å²) in [6.45, 7) is 0.257. The zero-order valence-electron chi connectivity index (χ0n) is 12.6. The molecule has 3 rings (SSSR count). The van der Waals surface area contributed by atoms with Gasteiger partial charge in [0.05, 0.1) is 5.35 Å². The predicted molar refractivity (Wildman–Crippen MR) is 83.1 cm³/mol. The van der Waals surface area contributed by atoms with E-state index in [1.807, 2.05) is 12.2 Å². The van der Waals surface area contributed by atoms with Crippen molar-refractivity contribution in [3.05, 3.63) is 22.8 Å². The third-order valence-electron chi connectivity index (χ3n) is 4.27. The van der Waals surface area contributed by atoms with Gasteiger partial charge >= 0.3 is 0 Å². The van der Waals surface area contributed by atoms with Crippen LogP contribution in [0.2, 0.25) is 0 Å². The molecule has 0 bridgehead atoms. The van der Waals surface area contributed by atoms with Crippen LogP contribution in [-0.2, 0) is 14.8 Å². The van der Waals surface area contributed by atoms with Gasteiger partial charge in [-0.3, -0.25) is 15.0 Å². The number of nitrogens with one attached hydrogen (secondary N) is 1. The molecule has 2 N–H and O–H groups in total. The van der Waals surface area contributed by atoms with Gasteiger partial charge in [0.1, 0.15) is 10.9 Å². The summed E-state index contributed by atoms with van der Waals surface area (Å²) < 4.78 is 27.0. The minimum atomic E-state index is -3.83. The molecule has 1 aromatic rings. The second-order valence-electron chi connectivity index (χ2n) is 5.73. The average molecular weight is 337 g/mol. The molecular formula is C15H19N3O4S. The summed E-state index contributed by atoms with van der Waals surface area (Å²) in [6.07, 6.45) is 8.87. The molecule has 0 spiro atoms. The molecule has 124 valence electrons. The quantitative estimate of drug-likeness (QED) is 0.571. The van der Waals surface area contributed by atoms with E-state index in [9.17, 15) is 13.2 Å². The van der Waals surface area contributed by atoms with Crippen molar-refractivity contribution in [2.45, 2.75) is 43.0 Å². The Labute approximate surface area is 134 Å². The number of carbonyl (C=O) groups is 1. The fraction of sp³-hybridized carbons (Fsp3) is 0.467. The van der Waals surface area contributed by atoms with Crippen LogP contribution in [0.25, 0.3) is 12.2 Å². The fourth-order valence-electron chi connectivity index (χ4n) is 3.07. The van der Waals surface area contributed by atoms with Crippen LogP contribution in [0.1, 0.15) is 32.1 Å². The Morgan fingerprint density at radius 3 is 2.87 bits per heavy atom. The molecule has 0 saturated carbocycles. The van der Waals surface area contributed by atoms with E-state index < -0.39 is 22.0 Å². The molecule has 7 nitrogen and oxygen atoms in total. The van der Waals surface area contributed by atoms with E-state index in [4.69, 9.17) is 5.21 Å². The van der Waals surface area contributed by atoms with Crippen molar-refractivity contribution in [1.29, 1.82) is 0 Å².